The van der Waals surface area contributed by atoms with E-state index in [1.165, 1.54) is 0 Å². The van der Waals surface area contributed by atoms with Crippen molar-refractivity contribution in [2.24, 2.45) is 4.99 Å². The first kappa shape index (κ1) is 20.6. The zero-order valence-electron chi connectivity index (χ0n) is 13.0. The minimum Gasteiger partial charge on any atom is -0.371 e. The van der Waals surface area contributed by atoms with Crippen molar-refractivity contribution in [3.63, 3.8) is 0 Å². The maximum Gasteiger partial charge on any atom is 0.248 e. The van der Waals surface area contributed by atoms with Gasteiger partial charge in [0.15, 0.2) is 11.8 Å². The van der Waals surface area contributed by atoms with E-state index in [2.05, 4.69) is 38.9 Å². The van der Waals surface area contributed by atoms with Crippen LogP contribution in [0.15, 0.2) is 34.8 Å². The average Bonchev–Trinajstić information content (AvgIpc) is 2.96. The molecule has 1 aromatic rings. The van der Waals surface area contributed by atoms with Crippen molar-refractivity contribution < 1.29 is 9.26 Å². The lowest BCUT2D eigenvalue weighted by Gasteiger charge is -2.08. The van der Waals surface area contributed by atoms with Crippen molar-refractivity contribution in [2.75, 3.05) is 19.7 Å². The van der Waals surface area contributed by atoms with E-state index in [1.54, 1.807) is 12.2 Å². The number of hydrogen-bond acceptors (Lipinski definition) is 5. The Kier molecular flexibility index (Phi) is 11.4. The average molecular weight is 421 g/mol. The van der Waals surface area contributed by atoms with E-state index in [4.69, 9.17) is 9.26 Å². The highest BCUT2D eigenvalue weighted by Crippen LogP contribution is 2.12. The van der Waals surface area contributed by atoms with E-state index in [1.807, 2.05) is 13.8 Å². The number of hydrogen-bond donors (Lipinski definition) is 2. The van der Waals surface area contributed by atoms with Gasteiger partial charge in [-0.05, 0) is 13.8 Å². The van der Waals surface area contributed by atoms with Crippen molar-refractivity contribution >= 4 is 29.9 Å². The van der Waals surface area contributed by atoms with E-state index in [0.29, 0.717) is 37.4 Å². The molecule has 1 unspecified atom stereocenters. The van der Waals surface area contributed by atoms with Gasteiger partial charge in [-0.25, -0.2) is 4.99 Å². The van der Waals surface area contributed by atoms with Gasteiger partial charge in [-0.3, -0.25) is 0 Å². The molecule has 1 heterocycles. The molecule has 0 bridgehead atoms. The van der Waals surface area contributed by atoms with Crippen LogP contribution in [0.2, 0.25) is 0 Å². The van der Waals surface area contributed by atoms with E-state index in [0.717, 1.165) is 0 Å². The van der Waals surface area contributed by atoms with E-state index in [9.17, 15) is 0 Å². The Morgan fingerprint density at radius 3 is 2.55 bits per heavy atom. The highest BCUT2D eigenvalue weighted by Gasteiger charge is 2.13. The molecule has 8 heteroatoms. The summed E-state index contributed by atoms with van der Waals surface area (Å²) in [6.07, 6.45) is 3.31. The molecule has 0 amide bonds. The van der Waals surface area contributed by atoms with Gasteiger partial charge in [-0.2, -0.15) is 4.98 Å². The number of guanidine groups is 1. The van der Waals surface area contributed by atoms with Crippen LogP contribution in [0.3, 0.4) is 0 Å². The molecule has 0 saturated carbocycles. The predicted molar refractivity (Wildman–Crippen MR) is 97.3 cm³/mol. The van der Waals surface area contributed by atoms with Gasteiger partial charge in [0.1, 0.15) is 12.6 Å². The lowest BCUT2D eigenvalue weighted by Crippen LogP contribution is -2.37. The van der Waals surface area contributed by atoms with Crippen LogP contribution >= 0.6 is 24.0 Å². The Hall–Kier alpha value is -1.42. The summed E-state index contributed by atoms with van der Waals surface area (Å²) < 4.78 is 10.6. The van der Waals surface area contributed by atoms with Crippen LogP contribution < -0.4 is 10.6 Å². The number of nitrogens with zero attached hydrogens (tertiary/aromatic N) is 3. The number of aliphatic imine (C=N–C) groups is 1. The first-order valence-electron chi connectivity index (χ1n) is 6.89. The lowest BCUT2D eigenvalue weighted by atomic mass is 10.4. The smallest absolute Gasteiger partial charge is 0.248 e. The topological polar surface area (TPSA) is 84.6 Å². The molecule has 124 valence electrons. The van der Waals surface area contributed by atoms with Crippen molar-refractivity contribution in [1.82, 2.24) is 20.8 Å². The minimum atomic E-state index is -0.186. The molecule has 0 aliphatic rings. The SMILES string of the molecule is C=CCNC(=NCc1nc(C(C)OCC)no1)NCC=C.I. The van der Waals surface area contributed by atoms with Crippen molar-refractivity contribution in [3.05, 3.63) is 37.0 Å². The van der Waals surface area contributed by atoms with Gasteiger partial charge < -0.3 is 19.9 Å². The lowest BCUT2D eigenvalue weighted by molar-refractivity contribution is 0.0683. The third-order valence-electron chi connectivity index (χ3n) is 2.46. The van der Waals surface area contributed by atoms with Crippen molar-refractivity contribution in [3.8, 4) is 0 Å². The number of halogens is 1. The fourth-order valence-electron chi connectivity index (χ4n) is 1.48. The van der Waals surface area contributed by atoms with Crippen LogP contribution in [0, 0.1) is 0 Å². The molecule has 0 aliphatic heterocycles. The summed E-state index contributed by atoms with van der Waals surface area (Å²) in [5, 5.41) is 10.0. The number of ether oxygens (including phenoxy) is 1. The number of aromatic nitrogens is 2. The second-order valence-electron chi connectivity index (χ2n) is 4.15. The van der Waals surface area contributed by atoms with Gasteiger partial charge in [0, 0.05) is 19.7 Å². The molecular formula is C14H24IN5O2. The molecule has 2 N–H and O–H groups in total. The predicted octanol–water partition coefficient (Wildman–Crippen LogP) is 2.19. The molecule has 7 nitrogen and oxygen atoms in total. The molecule has 22 heavy (non-hydrogen) atoms. The zero-order chi connectivity index (χ0) is 15.5. The highest BCUT2D eigenvalue weighted by atomic mass is 127. The van der Waals surface area contributed by atoms with Crippen LogP contribution in [0.1, 0.15) is 31.7 Å². The quantitative estimate of drug-likeness (QED) is 0.275. The molecule has 0 fully saturated rings. The molecule has 0 aromatic carbocycles. The van der Waals surface area contributed by atoms with Crippen LogP contribution in [-0.2, 0) is 11.3 Å². The van der Waals surface area contributed by atoms with Crippen LogP contribution in [0.4, 0.5) is 0 Å². The van der Waals surface area contributed by atoms with Gasteiger partial charge in [0.05, 0.1) is 0 Å². The highest BCUT2D eigenvalue weighted by molar-refractivity contribution is 14.0. The Morgan fingerprint density at radius 1 is 1.36 bits per heavy atom. The Bertz CT molecular complexity index is 462. The standard InChI is InChI=1S/C14H23N5O2.HI/c1-5-8-15-14(16-9-6-2)17-10-12-18-13(19-21-12)11(4)20-7-3;/h5-6,11H,1-2,7-10H2,3-4H3,(H2,15,16,17);1H. The summed E-state index contributed by atoms with van der Waals surface area (Å²) in [6, 6.07) is 0. The van der Waals surface area contributed by atoms with Gasteiger partial charge in [-0.1, -0.05) is 17.3 Å². The second kappa shape index (κ2) is 12.2. The van der Waals surface area contributed by atoms with Crippen LogP contribution in [0.5, 0.6) is 0 Å². The fraction of sp³-hybridized carbons (Fsp3) is 0.500. The second-order valence-corrected chi connectivity index (χ2v) is 4.15. The summed E-state index contributed by atoms with van der Waals surface area (Å²) in [5.41, 5.74) is 0. The van der Waals surface area contributed by atoms with Gasteiger partial charge in [-0.15, -0.1) is 37.1 Å². The maximum atomic E-state index is 5.41. The summed E-state index contributed by atoms with van der Waals surface area (Å²) in [7, 11) is 0. The Labute approximate surface area is 148 Å². The Balaban J connectivity index is 0.00000441. The van der Waals surface area contributed by atoms with Crippen LogP contribution in [-0.4, -0.2) is 35.8 Å². The number of nitrogens with one attached hydrogen (secondary N) is 2. The van der Waals surface area contributed by atoms with Gasteiger partial charge in [0.2, 0.25) is 5.89 Å². The Morgan fingerprint density at radius 2 is 2.00 bits per heavy atom. The minimum absolute atomic E-state index is 0. The molecule has 0 radical (unpaired) electrons. The van der Waals surface area contributed by atoms with Gasteiger partial charge in [0.25, 0.3) is 0 Å². The summed E-state index contributed by atoms with van der Waals surface area (Å²) in [5.74, 6) is 1.60. The normalized spacial score (nSPS) is 11.0. The summed E-state index contributed by atoms with van der Waals surface area (Å²) in [6.45, 7) is 13.2. The third kappa shape index (κ3) is 7.55. The zero-order valence-corrected chi connectivity index (χ0v) is 15.4. The van der Waals surface area contributed by atoms with E-state index >= 15 is 0 Å². The molecule has 1 rings (SSSR count). The fourth-order valence-corrected chi connectivity index (χ4v) is 1.48. The summed E-state index contributed by atoms with van der Waals surface area (Å²) in [4.78, 5) is 8.61. The van der Waals surface area contributed by atoms with E-state index < -0.39 is 0 Å². The molecule has 0 aliphatic carbocycles. The van der Waals surface area contributed by atoms with Crippen LogP contribution in [0.25, 0.3) is 0 Å². The van der Waals surface area contributed by atoms with Gasteiger partial charge >= 0.3 is 0 Å². The van der Waals surface area contributed by atoms with Crippen molar-refractivity contribution in [1.29, 1.82) is 0 Å². The molecule has 1 atom stereocenters. The maximum absolute atomic E-state index is 5.41. The van der Waals surface area contributed by atoms with Crippen molar-refractivity contribution in [2.45, 2.75) is 26.5 Å². The third-order valence-corrected chi connectivity index (χ3v) is 2.46. The molecule has 1 aromatic heterocycles. The monoisotopic (exact) mass is 421 g/mol. The van der Waals surface area contributed by atoms with E-state index in [-0.39, 0.29) is 36.6 Å². The molecule has 0 saturated heterocycles. The summed E-state index contributed by atoms with van der Waals surface area (Å²) >= 11 is 0. The first-order valence-corrected chi connectivity index (χ1v) is 6.89. The first-order chi connectivity index (χ1) is 10.2. The molecule has 0 spiro atoms. The number of rotatable bonds is 9. The molecular weight excluding hydrogens is 397 g/mol. The largest absolute Gasteiger partial charge is 0.371 e.